The van der Waals surface area contributed by atoms with Crippen molar-refractivity contribution in [1.29, 1.82) is 0 Å². The SMILES string of the molecule is CN=C(NCCCc1cc2c(OC)cc(OC)cc2[nH]1)NCc1nc(C(C)C)cs1.I. The topological polar surface area (TPSA) is 83.6 Å². The van der Waals surface area contributed by atoms with Crippen LogP contribution in [0.2, 0.25) is 0 Å². The van der Waals surface area contributed by atoms with E-state index in [2.05, 4.69) is 50.9 Å². The number of nitrogens with one attached hydrogen (secondary N) is 3. The van der Waals surface area contributed by atoms with Crippen LogP contribution in [0.25, 0.3) is 10.9 Å². The molecular weight excluding hydrogens is 525 g/mol. The fourth-order valence-electron chi connectivity index (χ4n) is 3.20. The predicted octanol–water partition coefficient (Wildman–Crippen LogP) is 4.68. The van der Waals surface area contributed by atoms with E-state index in [1.165, 1.54) is 5.69 Å². The molecule has 3 rings (SSSR count). The summed E-state index contributed by atoms with van der Waals surface area (Å²) in [6.45, 7) is 5.82. The Kier molecular flexibility index (Phi) is 9.89. The molecule has 0 saturated carbocycles. The molecule has 0 spiro atoms. The van der Waals surface area contributed by atoms with Gasteiger partial charge in [0.05, 0.1) is 32.0 Å². The van der Waals surface area contributed by atoms with Gasteiger partial charge in [-0.05, 0) is 24.8 Å². The minimum absolute atomic E-state index is 0. The molecule has 0 aliphatic heterocycles. The Hall–Kier alpha value is -2.01. The highest BCUT2D eigenvalue weighted by molar-refractivity contribution is 14.0. The highest BCUT2D eigenvalue weighted by Gasteiger charge is 2.10. The van der Waals surface area contributed by atoms with E-state index in [4.69, 9.17) is 9.47 Å². The van der Waals surface area contributed by atoms with Crippen LogP contribution in [0.5, 0.6) is 11.5 Å². The molecule has 1 aromatic carbocycles. The molecule has 9 heteroatoms. The molecule has 0 unspecified atom stereocenters. The Morgan fingerprint density at radius 1 is 1.19 bits per heavy atom. The number of ether oxygens (including phenoxy) is 2. The molecule has 0 radical (unpaired) electrons. The van der Waals surface area contributed by atoms with Crippen molar-refractivity contribution in [2.75, 3.05) is 27.8 Å². The van der Waals surface area contributed by atoms with Crippen LogP contribution in [0.3, 0.4) is 0 Å². The lowest BCUT2D eigenvalue weighted by atomic mass is 10.2. The highest BCUT2D eigenvalue weighted by atomic mass is 127. The zero-order valence-corrected chi connectivity index (χ0v) is 21.9. The van der Waals surface area contributed by atoms with Crippen molar-refractivity contribution in [2.45, 2.75) is 39.2 Å². The molecule has 0 atom stereocenters. The maximum absolute atomic E-state index is 5.49. The molecule has 0 fully saturated rings. The molecule has 3 aromatic rings. The van der Waals surface area contributed by atoms with Crippen molar-refractivity contribution in [3.05, 3.63) is 40.0 Å². The Morgan fingerprint density at radius 3 is 2.65 bits per heavy atom. The first-order valence-electron chi connectivity index (χ1n) is 10.2. The van der Waals surface area contributed by atoms with E-state index in [0.717, 1.165) is 58.4 Å². The van der Waals surface area contributed by atoms with Crippen LogP contribution < -0.4 is 20.1 Å². The first kappa shape index (κ1) is 25.3. The largest absolute Gasteiger partial charge is 0.497 e. The number of rotatable bonds is 9. The molecular formula is C22H32IN5O2S. The number of nitrogens with zero attached hydrogens (tertiary/aromatic N) is 2. The van der Waals surface area contributed by atoms with Crippen LogP contribution in [-0.4, -0.2) is 43.7 Å². The van der Waals surface area contributed by atoms with E-state index in [1.54, 1.807) is 32.6 Å². The number of aliphatic imine (C=N–C) groups is 1. The van der Waals surface area contributed by atoms with Gasteiger partial charge in [-0.1, -0.05) is 13.8 Å². The van der Waals surface area contributed by atoms with Gasteiger partial charge in [-0.2, -0.15) is 0 Å². The lowest BCUT2D eigenvalue weighted by Gasteiger charge is -2.10. The minimum atomic E-state index is 0. The van der Waals surface area contributed by atoms with Crippen LogP contribution in [0.4, 0.5) is 0 Å². The summed E-state index contributed by atoms with van der Waals surface area (Å²) >= 11 is 1.68. The third-order valence-electron chi connectivity index (χ3n) is 4.89. The molecule has 170 valence electrons. The monoisotopic (exact) mass is 557 g/mol. The van der Waals surface area contributed by atoms with Gasteiger partial charge in [-0.15, -0.1) is 35.3 Å². The van der Waals surface area contributed by atoms with Gasteiger partial charge in [0, 0.05) is 42.2 Å². The van der Waals surface area contributed by atoms with Crippen molar-refractivity contribution in [1.82, 2.24) is 20.6 Å². The van der Waals surface area contributed by atoms with Gasteiger partial charge in [-0.3, -0.25) is 4.99 Å². The Morgan fingerprint density at radius 2 is 2.00 bits per heavy atom. The summed E-state index contributed by atoms with van der Waals surface area (Å²) < 4.78 is 10.8. The number of halogens is 1. The van der Waals surface area contributed by atoms with Crippen LogP contribution in [0.1, 0.15) is 42.6 Å². The van der Waals surface area contributed by atoms with Gasteiger partial charge < -0.3 is 25.1 Å². The van der Waals surface area contributed by atoms with Gasteiger partial charge in [0.25, 0.3) is 0 Å². The summed E-state index contributed by atoms with van der Waals surface area (Å²) in [5.74, 6) is 2.85. The van der Waals surface area contributed by atoms with E-state index in [-0.39, 0.29) is 24.0 Å². The van der Waals surface area contributed by atoms with Crippen molar-refractivity contribution in [2.24, 2.45) is 4.99 Å². The fraction of sp³-hybridized carbons (Fsp3) is 0.455. The van der Waals surface area contributed by atoms with E-state index < -0.39 is 0 Å². The number of aromatic amines is 1. The lowest BCUT2D eigenvalue weighted by molar-refractivity contribution is 0.398. The second-order valence-electron chi connectivity index (χ2n) is 7.36. The Balaban J connectivity index is 0.00000341. The highest BCUT2D eigenvalue weighted by Crippen LogP contribution is 2.31. The summed E-state index contributed by atoms with van der Waals surface area (Å²) in [5, 5.41) is 11.0. The Labute approximate surface area is 205 Å². The quantitative estimate of drug-likeness (QED) is 0.154. The number of aryl methyl sites for hydroxylation is 1. The number of benzene rings is 1. The number of hydrogen-bond acceptors (Lipinski definition) is 5. The number of thiazole rings is 1. The molecule has 2 aromatic heterocycles. The number of fused-ring (bicyclic) bond motifs is 1. The summed E-state index contributed by atoms with van der Waals surface area (Å²) in [6.07, 6.45) is 1.90. The molecule has 0 saturated heterocycles. The maximum Gasteiger partial charge on any atom is 0.191 e. The van der Waals surface area contributed by atoms with Crippen LogP contribution in [0.15, 0.2) is 28.6 Å². The van der Waals surface area contributed by atoms with E-state index in [9.17, 15) is 0 Å². The summed E-state index contributed by atoms with van der Waals surface area (Å²) in [6, 6.07) is 6.05. The molecule has 0 aliphatic carbocycles. The normalized spacial score (nSPS) is 11.5. The summed E-state index contributed by atoms with van der Waals surface area (Å²) in [4.78, 5) is 12.4. The second kappa shape index (κ2) is 12.1. The van der Waals surface area contributed by atoms with Gasteiger partial charge in [-0.25, -0.2) is 4.98 Å². The number of hydrogen-bond donors (Lipinski definition) is 3. The molecule has 3 N–H and O–H groups in total. The minimum Gasteiger partial charge on any atom is -0.497 e. The van der Waals surface area contributed by atoms with Crippen molar-refractivity contribution in [3.8, 4) is 11.5 Å². The van der Waals surface area contributed by atoms with Gasteiger partial charge in [0.15, 0.2) is 5.96 Å². The van der Waals surface area contributed by atoms with Gasteiger partial charge >= 0.3 is 0 Å². The first-order chi connectivity index (χ1) is 14.5. The molecule has 31 heavy (non-hydrogen) atoms. The smallest absolute Gasteiger partial charge is 0.191 e. The van der Waals surface area contributed by atoms with Crippen molar-refractivity contribution in [3.63, 3.8) is 0 Å². The van der Waals surface area contributed by atoms with Crippen LogP contribution in [0, 0.1) is 0 Å². The van der Waals surface area contributed by atoms with Gasteiger partial charge in [0.2, 0.25) is 0 Å². The number of methoxy groups -OCH3 is 2. The van der Waals surface area contributed by atoms with Crippen LogP contribution >= 0.6 is 35.3 Å². The van der Waals surface area contributed by atoms with Gasteiger partial charge in [0.1, 0.15) is 16.5 Å². The lowest BCUT2D eigenvalue weighted by Crippen LogP contribution is -2.37. The molecule has 0 amide bonds. The molecule has 0 aliphatic rings. The zero-order chi connectivity index (χ0) is 21.5. The van der Waals surface area contributed by atoms with E-state index in [0.29, 0.717) is 12.5 Å². The summed E-state index contributed by atoms with van der Waals surface area (Å²) in [5.41, 5.74) is 3.34. The number of guanidine groups is 1. The van der Waals surface area contributed by atoms with Crippen LogP contribution in [-0.2, 0) is 13.0 Å². The maximum atomic E-state index is 5.49. The molecule has 7 nitrogen and oxygen atoms in total. The molecule has 0 bridgehead atoms. The van der Waals surface area contributed by atoms with E-state index in [1.807, 2.05) is 12.1 Å². The number of aromatic nitrogens is 2. The average molecular weight is 558 g/mol. The van der Waals surface area contributed by atoms with Crippen molar-refractivity contribution >= 4 is 52.2 Å². The standard InChI is InChI=1S/C22H31N5O2S.HI/c1-14(2)19-13-30-21(27-19)12-25-22(23-3)24-8-6-7-15-9-17-18(26-15)10-16(28-4)11-20(17)29-5;/h9-11,13-14,26H,6-8,12H2,1-5H3,(H2,23,24,25);1H. The first-order valence-corrected chi connectivity index (χ1v) is 11.0. The fourth-order valence-corrected chi connectivity index (χ4v) is 4.09. The third-order valence-corrected chi connectivity index (χ3v) is 5.76. The number of H-pyrrole nitrogens is 1. The predicted molar refractivity (Wildman–Crippen MR) is 140 cm³/mol. The third kappa shape index (κ3) is 6.73. The average Bonchev–Trinajstić information content (AvgIpc) is 3.39. The van der Waals surface area contributed by atoms with Crippen molar-refractivity contribution < 1.29 is 9.47 Å². The zero-order valence-electron chi connectivity index (χ0n) is 18.7. The Bertz CT molecular complexity index is 999. The second-order valence-corrected chi connectivity index (χ2v) is 8.31. The van der Waals surface area contributed by atoms with E-state index >= 15 is 0 Å². The summed E-state index contributed by atoms with van der Waals surface area (Å²) in [7, 11) is 5.13. The molecule has 2 heterocycles.